The SMILES string of the molecule is CCCCCC1CCC(C2CCC(CCc3ccc(C(=O)OCC)cc3)CC2)CC1. The molecule has 0 bridgehead atoms. The van der Waals surface area contributed by atoms with Gasteiger partial charge >= 0.3 is 5.97 Å². The molecule has 30 heavy (non-hydrogen) atoms. The first-order chi connectivity index (χ1) is 14.7. The van der Waals surface area contributed by atoms with Crippen LogP contribution in [-0.2, 0) is 11.2 Å². The fourth-order valence-electron chi connectivity index (χ4n) is 5.97. The molecule has 1 aromatic carbocycles. The summed E-state index contributed by atoms with van der Waals surface area (Å²) in [7, 11) is 0. The van der Waals surface area contributed by atoms with Gasteiger partial charge in [0.2, 0.25) is 0 Å². The van der Waals surface area contributed by atoms with Crippen molar-refractivity contribution in [2.45, 2.75) is 104 Å². The molecule has 0 heterocycles. The standard InChI is InChI=1S/C28H44O2/c1-3-5-6-7-22-10-16-25(17-11-22)26-18-12-23(13-19-26)8-9-24-14-20-27(21-15-24)28(29)30-4-2/h14-15,20-23,25-26H,3-13,16-19H2,1-2H3. The van der Waals surface area contributed by atoms with E-state index >= 15 is 0 Å². The molecule has 2 aliphatic rings. The third-order valence-electron chi connectivity index (χ3n) is 7.97. The Balaban J connectivity index is 1.33. The number of rotatable bonds is 10. The molecule has 2 fully saturated rings. The minimum atomic E-state index is -0.211. The number of esters is 1. The second-order valence-electron chi connectivity index (χ2n) is 10.0. The van der Waals surface area contributed by atoms with Crippen molar-refractivity contribution in [3.05, 3.63) is 35.4 Å². The monoisotopic (exact) mass is 412 g/mol. The van der Waals surface area contributed by atoms with Crippen LogP contribution in [0.15, 0.2) is 24.3 Å². The molecule has 2 saturated carbocycles. The van der Waals surface area contributed by atoms with Crippen molar-refractivity contribution in [1.29, 1.82) is 0 Å². The molecule has 3 rings (SSSR count). The molecule has 0 aromatic heterocycles. The van der Waals surface area contributed by atoms with Crippen LogP contribution in [0.1, 0.15) is 113 Å². The lowest BCUT2D eigenvalue weighted by molar-refractivity contribution is 0.0526. The molecule has 0 spiro atoms. The number of carbonyl (C=O) groups is 1. The summed E-state index contributed by atoms with van der Waals surface area (Å²) in [5.74, 6) is 3.78. The van der Waals surface area contributed by atoms with Gasteiger partial charge in [0.25, 0.3) is 0 Å². The van der Waals surface area contributed by atoms with Crippen LogP contribution >= 0.6 is 0 Å². The highest BCUT2D eigenvalue weighted by molar-refractivity contribution is 5.89. The highest BCUT2D eigenvalue weighted by Crippen LogP contribution is 2.43. The van der Waals surface area contributed by atoms with Gasteiger partial charge in [0, 0.05) is 0 Å². The first kappa shape index (κ1) is 23.4. The van der Waals surface area contributed by atoms with E-state index in [0.717, 1.165) is 30.1 Å². The van der Waals surface area contributed by atoms with Gasteiger partial charge in [0.15, 0.2) is 0 Å². The van der Waals surface area contributed by atoms with E-state index in [9.17, 15) is 4.79 Å². The second kappa shape index (κ2) is 12.5. The summed E-state index contributed by atoms with van der Waals surface area (Å²) in [5, 5.41) is 0. The fraction of sp³-hybridized carbons (Fsp3) is 0.750. The second-order valence-corrected chi connectivity index (χ2v) is 10.0. The zero-order chi connectivity index (χ0) is 21.2. The lowest BCUT2D eigenvalue weighted by Crippen LogP contribution is -2.26. The maximum Gasteiger partial charge on any atom is 0.338 e. The van der Waals surface area contributed by atoms with Gasteiger partial charge in [-0.2, -0.15) is 0 Å². The number of aryl methyl sites for hydroxylation is 1. The Morgan fingerprint density at radius 1 is 0.800 bits per heavy atom. The zero-order valence-corrected chi connectivity index (χ0v) is 19.5. The minimum absolute atomic E-state index is 0.211. The molecular formula is C28H44O2. The molecular weight excluding hydrogens is 368 g/mol. The van der Waals surface area contributed by atoms with Crippen LogP contribution in [0.5, 0.6) is 0 Å². The summed E-state index contributed by atoms with van der Waals surface area (Å²) < 4.78 is 5.07. The van der Waals surface area contributed by atoms with E-state index in [1.165, 1.54) is 89.0 Å². The van der Waals surface area contributed by atoms with Crippen molar-refractivity contribution < 1.29 is 9.53 Å². The summed E-state index contributed by atoms with van der Waals surface area (Å²) in [5.41, 5.74) is 2.02. The Hall–Kier alpha value is -1.31. The molecule has 0 aliphatic heterocycles. The predicted octanol–water partition coefficient (Wildman–Crippen LogP) is 7.99. The predicted molar refractivity (Wildman–Crippen MR) is 126 cm³/mol. The van der Waals surface area contributed by atoms with Crippen molar-refractivity contribution in [1.82, 2.24) is 0 Å². The first-order valence-electron chi connectivity index (χ1n) is 13.0. The van der Waals surface area contributed by atoms with Crippen molar-refractivity contribution in [2.75, 3.05) is 6.61 Å². The Morgan fingerprint density at radius 2 is 1.37 bits per heavy atom. The van der Waals surface area contributed by atoms with E-state index in [1.54, 1.807) is 0 Å². The van der Waals surface area contributed by atoms with Gasteiger partial charge in [-0.1, -0.05) is 70.4 Å². The molecule has 168 valence electrons. The number of hydrogen-bond donors (Lipinski definition) is 0. The van der Waals surface area contributed by atoms with Gasteiger partial charge in [0.05, 0.1) is 12.2 Å². The van der Waals surface area contributed by atoms with Crippen LogP contribution in [-0.4, -0.2) is 12.6 Å². The van der Waals surface area contributed by atoms with Gasteiger partial charge in [-0.15, -0.1) is 0 Å². The lowest BCUT2D eigenvalue weighted by atomic mass is 9.68. The van der Waals surface area contributed by atoms with Crippen LogP contribution in [0, 0.1) is 23.7 Å². The highest BCUT2D eigenvalue weighted by Gasteiger charge is 2.30. The third kappa shape index (κ3) is 7.13. The zero-order valence-electron chi connectivity index (χ0n) is 19.5. The van der Waals surface area contributed by atoms with Crippen LogP contribution in [0.25, 0.3) is 0 Å². The maximum atomic E-state index is 11.8. The topological polar surface area (TPSA) is 26.3 Å². The Labute approximate surface area is 185 Å². The molecule has 0 unspecified atom stereocenters. The average molecular weight is 413 g/mol. The highest BCUT2D eigenvalue weighted by atomic mass is 16.5. The summed E-state index contributed by atoms with van der Waals surface area (Å²) in [6, 6.07) is 8.05. The van der Waals surface area contributed by atoms with E-state index in [1.807, 2.05) is 19.1 Å². The Morgan fingerprint density at radius 3 is 1.90 bits per heavy atom. The van der Waals surface area contributed by atoms with E-state index in [-0.39, 0.29) is 5.97 Å². The smallest absolute Gasteiger partial charge is 0.338 e. The minimum Gasteiger partial charge on any atom is -0.462 e. The number of hydrogen-bond acceptors (Lipinski definition) is 2. The van der Waals surface area contributed by atoms with E-state index in [4.69, 9.17) is 4.74 Å². The summed E-state index contributed by atoms with van der Waals surface area (Å²) in [4.78, 5) is 11.8. The molecule has 2 heteroatoms. The Bertz CT molecular complexity index is 604. The van der Waals surface area contributed by atoms with Crippen LogP contribution in [0.2, 0.25) is 0 Å². The number of unbranched alkanes of at least 4 members (excludes halogenated alkanes) is 2. The van der Waals surface area contributed by atoms with E-state index < -0.39 is 0 Å². The number of carbonyl (C=O) groups excluding carboxylic acids is 1. The molecule has 0 radical (unpaired) electrons. The van der Waals surface area contributed by atoms with Crippen molar-refractivity contribution in [3.8, 4) is 0 Å². The largest absolute Gasteiger partial charge is 0.462 e. The van der Waals surface area contributed by atoms with Crippen molar-refractivity contribution in [3.63, 3.8) is 0 Å². The lowest BCUT2D eigenvalue weighted by Gasteiger charge is -2.38. The van der Waals surface area contributed by atoms with Crippen LogP contribution < -0.4 is 0 Å². The van der Waals surface area contributed by atoms with Crippen molar-refractivity contribution in [2.24, 2.45) is 23.7 Å². The molecule has 0 amide bonds. The van der Waals surface area contributed by atoms with Gasteiger partial charge in [-0.05, 0) is 86.8 Å². The average Bonchev–Trinajstić information content (AvgIpc) is 2.79. The Kier molecular flexibility index (Phi) is 9.75. The number of ether oxygens (including phenoxy) is 1. The van der Waals surface area contributed by atoms with E-state index in [2.05, 4.69) is 19.1 Å². The molecule has 0 saturated heterocycles. The first-order valence-corrected chi connectivity index (χ1v) is 13.0. The summed E-state index contributed by atoms with van der Waals surface area (Å²) in [6.45, 7) is 4.60. The quantitative estimate of drug-likeness (QED) is 0.287. The van der Waals surface area contributed by atoms with Crippen molar-refractivity contribution >= 4 is 5.97 Å². The van der Waals surface area contributed by atoms with Crippen LogP contribution in [0.4, 0.5) is 0 Å². The fourth-order valence-corrected chi connectivity index (χ4v) is 5.97. The normalized spacial score (nSPS) is 27.0. The molecule has 2 aliphatic carbocycles. The summed E-state index contributed by atoms with van der Waals surface area (Å²) >= 11 is 0. The molecule has 2 nitrogen and oxygen atoms in total. The maximum absolute atomic E-state index is 11.8. The number of benzene rings is 1. The van der Waals surface area contributed by atoms with Gasteiger partial charge in [-0.3, -0.25) is 0 Å². The molecule has 1 aromatic rings. The van der Waals surface area contributed by atoms with E-state index in [0.29, 0.717) is 12.2 Å². The van der Waals surface area contributed by atoms with Gasteiger partial charge in [-0.25, -0.2) is 4.79 Å². The van der Waals surface area contributed by atoms with Gasteiger partial charge in [0.1, 0.15) is 0 Å². The van der Waals surface area contributed by atoms with Gasteiger partial charge < -0.3 is 4.74 Å². The molecule has 0 atom stereocenters. The van der Waals surface area contributed by atoms with Crippen LogP contribution in [0.3, 0.4) is 0 Å². The third-order valence-corrected chi connectivity index (χ3v) is 7.97. The molecule has 0 N–H and O–H groups in total. The summed E-state index contributed by atoms with van der Waals surface area (Å²) in [6.07, 6.45) is 20.0.